The zero-order valence-electron chi connectivity index (χ0n) is 16.4. The van der Waals surface area contributed by atoms with Crippen LogP contribution in [0.15, 0.2) is 65.1 Å². The van der Waals surface area contributed by atoms with Crippen LogP contribution in [0.2, 0.25) is 10.0 Å². The van der Waals surface area contributed by atoms with Crippen LogP contribution in [0.3, 0.4) is 0 Å². The standard InChI is InChI=1S/C23H17Cl2N3O2S/c1-2-13-6-8-14(9-7-13)21(29)28-23(31)26-15-10-11-19-18(12-15)27-22(30-19)16-4-3-5-17(24)20(16)25/h3-12H,2H2,1H3,(H2,26,28,29,31). The number of halogens is 2. The summed E-state index contributed by atoms with van der Waals surface area (Å²) < 4.78 is 5.81. The molecule has 0 aliphatic carbocycles. The van der Waals surface area contributed by atoms with E-state index in [0.717, 1.165) is 12.0 Å². The summed E-state index contributed by atoms with van der Waals surface area (Å²) in [6, 6.07) is 18.0. The molecule has 4 aromatic rings. The molecular weight excluding hydrogens is 453 g/mol. The highest BCUT2D eigenvalue weighted by molar-refractivity contribution is 7.80. The zero-order valence-corrected chi connectivity index (χ0v) is 18.7. The zero-order chi connectivity index (χ0) is 22.0. The molecule has 156 valence electrons. The fourth-order valence-corrected chi connectivity index (χ4v) is 3.61. The summed E-state index contributed by atoms with van der Waals surface area (Å²) in [4.78, 5) is 16.9. The van der Waals surface area contributed by atoms with Crippen molar-refractivity contribution in [1.29, 1.82) is 0 Å². The van der Waals surface area contributed by atoms with E-state index in [-0.39, 0.29) is 11.0 Å². The molecule has 0 bridgehead atoms. The van der Waals surface area contributed by atoms with Gasteiger partial charge < -0.3 is 9.73 Å². The lowest BCUT2D eigenvalue weighted by atomic mass is 10.1. The van der Waals surface area contributed by atoms with Gasteiger partial charge >= 0.3 is 0 Å². The molecule has 0 atom stereocenters. The second-order valence-corrected chi connectivity index (χ2v) is 7.96. The normalized spacial score (nSPS) is 10.8. The molecule has 1 aromatic heterocycles. The number of aryl methyl sites for hydroxylation is 1. The number of carbonyl (C=O) groups excluding carboxylic acids is 1. The maximum absolute atomic E-state index is 12.4. The monoisotopic (exact) mass is 469 g/mol. The fraction of sp³-hybridized carbons (Fsp3) is 0.0870. The lowest BCUT2D eigenvalue weighted by Crippen LogP contribution is -2.34. The van der Waals surface area contributed by atoms with Crippen LogP contribution in [-0.4, -0.2) is 16.0 Å². The van der Waals surface area contributed by atoms with E-state index in [2.05, 4.69) is 22.5 Å². The minimum absolute atomic E-state index is 0.186. The van der Waals surface area contributed by atoms with Gasteiger partial charge in [0.05, 0.1) is 15.6 Å². The average Bonchev–Trinajstić information content (AvgIpc) is 3.18. The maximum Gasteiger partial charge on any atom is 0.257 e. The molecule has 0 spiro atoms. The number of anilines is 1. The summed E-state index contributed by atoms with van der Waals surface area (Å²) in [5, 5.41) is 6.67. The number of rotatable bonds is 4. The third-order valence-corrected chi connectivity index (χ3v) is 5.70. The van der Waals surface area contributed by atoms with Gasteiger partial charge in [0.2, 0.25) is 5.89 Å². The number of hydrogen-bond donors (Lipinski definition) is 2. The van der Waals surface area contributed by atoms with E-state index in [0.29, 0.717) is 43.9 Å². The number of hydrogen-bond acceptors (Lipinski definition) is 4. The third kappa shape index (κ3) is 4.71. The summed E-state index contributed by atoms with van der Waals surface area (Å²) >= 11 is 17.6. The van der Waals surface area contributed by atoms with Gasteiger partial charge in [0.15, 0.2) is 10.7 Å². The van der Waals surface area contributed by atoms with Crippen LogP contribution in [0.4, 0.5) is 5.69 Å². The van der Waals surface area contributed by atoms with Crippen molar-refractivity contribution in [2.24, 2.45) is 0 Å². The number of nitrogens with one attached hydrogen (secondary N) is 2. The number of carbonyl (C=O) groups is 1. The number of benzene rings is 3. The number of fused-ring (bicyclic) bond motifs is 1. The number of oxazole rings is 1. The minimum atomic E-state index is -0.277. The highest BCUT2D eigenvalue weighted by atomic mass is 35.5. The van der Waals surface area contributed by atoms with Crippen LogP contribution in [0, 0.1) is 0 Å². The molecule has 0 unspecified atom stereocenters. The number of aromatic nitrogens is 1. The number of amides is 1. The number of nitrogens with zero attached hydrogens (tertiary/aromatic N) is 1. The van der Waals surface area contributed by atoms with Crippen molar-refractivity contribution in [2.75, 3.05) is 5.32 Å². The Hall–Kier alpha value is -2.93. The molecule has 3 aromatic carbocycles. The van der Waals surface area contributed by atoms with Gasteiger partial charge in [0, 0.05) is 11.3 Å². The van der Waals surface area contributed by atoms with Gasteiger partial charge in [0.1, 0.15) is 5.52 Å². The van der Waals surface area contributed by atoms with Crippen LogP contribution in [-0.2, 0) is 6.42 Å². The highest BCUT2D eigenvalue weighted by Crippen LogP contribution is 2.34. The molecule has 0 saturated carbocycles. The van der Waals surface area contributed by atoms with Crippen molar-refractivity contribution in [3.8, 4) is 11.5 Å². The smallest absolute Gasteiger partial charge is 0.257 e. The van der Waals surface area contributed by atoms with Crippen molar-refractivity contribution in [1.82, 2.24) is 10.3 Å². The van der Waals surface area contributed by atoms with Gasteiger partial charge in [-0.25, -0.2) is 4.98 Å². The third-order valence-electron chi connectivity index (χ3n) is 4.68. The predicted octanol–water partition coefficient (Wildman–Crippen LogP) is 6.49. The second kappa shape index (κ2) is 9.06. The molecule has 0 radical (unpaired) electrons. The van der Waals surface area contributed by atoms with Crippen molar-refractivity contribution in [3.63, 3.8) is 0 Å². The van der Waals surface area contributed by atoms with E-state index in [1.807, 2.05) is 12.1 Å². The minimum Gasteiger partial charge on any atom is -0.436 e. The van der Waals surface area contributed by atoms with E-state index in [1.165, 1.54) is 0 Å². The molecule has 8 heteroatoms. The van der Waals surface area contributed by atoms with E-state index in [1.54, 1.807) is 48.5 Å². The first kappa shape index (κ1) is 21.3. The molecule has 5 nitrogen and oxygen atoms in total. The molecule has 2 N–H and O–H groups in total. The summed E-state index contributed by atoms with van der Waals surface area (Å²) in [6.45, 7) is 2.06. The molecule has 1 heterocycles. The van der Waals surface area contributed by atoms with Gasteiger partial charge in [-0.15, -0.1) is 0 Å². The Labute approximate surface area is 194 Å². The van der Waals surface area contributed by atoms with E-state index < -0.39 is 0 Å². The van der Waals surface area contributed by atoms with Crippen LogP contribution in [0.25, 0.3) is 22.6 Å². The van der Waals surface area contributed by atoms with Gasteiger partial charge in [-0.1, -0.05) is 48.3 Å². The Morgan fingerprint density at radius 3 is 2.61 bits per heavy atom. The molecule has 31 heavy (non-hydrogen) atoms. The molecule has 0 aliphatic heterocycles. The number of thiocarbonyl (C=S) groups is 1. The first-order valence-electron chi connectivity index (χ1n) is 9.51. The fourth-order valence-electron chi connectivity index (χ4n) is 3.02. The first-order chi connectivity index (χ1) is 14.9. The predicted molar refractivity (Wildman–Crippen MR) is 129 cm³/mol. The highest BCUT2D eigenvalue weighted by Gasteiger charge is 2.14. The Morgan fingerprint density at radius 2 is 1.87 bits per heavy atom. The molecule has 4 rings (SSSR count). The largest absolute Gasteiger partial charge is 0.436 e. The molecule has 0 saturated heterocycles. The van der Waals surface area contributed by atoms with Gasteiger partial charge in [-0.2, -0.15) is 0 Å². The quantitative estimate of drug-likeness (QED) is 0.334. The Bertz CT molecular complexity index is 1290. The molecule has 0 fully saturated rings. The van der Waals surface area contributed by atoms with Crippen molar-refractivity contribution in [3.05, 3.63) is 81.8 Å². The van der Waals surface area contributed by atoms with Crippen molar-refractivity contribution in [2.45, 2.75) is 13.3 Å². The van der Waals surface area contributed by atoms with Gasteiger partial charge in [0.25, 0.3) is 5.91 Å². The summed E-state index contributed by atoms with van der Waals surface area (Å²) in [7, 11) is 0. The van der Waals surface area contributed by atoms with Crippen LogP contribution in [0.1, 0.15) is 22.8 Å². The van der Waals surface area contributed by atoms with Gasteiger partial charge in [-0.05, 0) is 66.7 Å². The molecule has 0 aliphatic rings. The van der Waals surface area contributed by atoms with Crippen LogP contribution < -0.4 is 10.6 Å². The second-order valence-electron chi connectivity index (χ2n) is 6.76. The van der Waals surface area contributed by atoms with E-state index >= 15 is 0 Å². The Morgan fingerprint density at radius 1 is 1.10 bits per heavy atom. The average molecular weight is 470 g/mol. The first-order valence-corrected chi connectivity index (χ1v) is 10.7. The SMILES string of the molecule is CCc1ccc(C(=O)NC(=S)Nc2ccc3oc(-c4cccc(Cl)c4Cl)nc3c2)cc1. The Kier molecular flexibility index (Phi) is 6.23. The lowest BCUT2D eigenvalue weighted by molar-refractivity contribution is 0.0977. The van der Waals surface area contributed by atoms with Gasteiger partial charge in [-0.3, -0.25) is 10.1 Å². The summed E-state index contributed by atoms with van der Waals surface area (Å²) in [5.74, 6) is 0.0895. The maximum atomic E-state index is 12.4. The van der Waals surface area contributed by atoms with Crippen molar-refractivity contribution < 1.29 is 9.21 Å². The lowest BCUT2D eigenvalue weighted by Gasteiger charge is -2.09. The van der Waals surface area contributed by atoms with E-state index in [4.69, 9.17) is 39.8 Å². The van der Waals surface area contributed by atoms with Crippen molar-refractivity contribution >= 4 is 63.2 Å². The van der Waals surface area contributed by atoms with Crippen LogP contribution >= 0.6 is 35.4 Å². The topological polar surface area (TPSA) is 67.2 Å². The Balaban J connectivity index is 1.48. The van der Waals surface area contributed by atoms with E-state index in [9.17, 15) is 4.79 Å². The van der Waals surface area contributed by atoms with Crippen LogP contribution in [0.5, 0.6) is 0 Å². The summed E-state index contributed by atoms with van der Waals surface area (Å²) in [6.07, 6.45) is 0.914. The molecular formula is C23H17Cl2N3O2S. The summed E-state index contributed by atoms with van der Waals surface area (Å²) in [5.41, 5.74) is 4.17. The molecule has 1 amide bonds.